The van der Waals surface area contributed by atoms with E-state index < -0.39 is 0 Å². The second kappa shape index (κ2) is 2.90. The predicted molar refractivity (Wildman–Crippen MR) is 42.0 cm³/mol. The zero-order valence-electron chi connectivity index (χ0n) is 6.86. The zero-order chi connectivity index (χ0) is 7.49. The summed E-state index contributed by atoms with van der Waals surface area (Å²) >= 11 is 0. The van der Waals surface area contributed by atoms with Crippen molar-refractivity contribution in [2.45, 2.75) is 34.1 Å². The Morgan fingerprint density at radius 3 is 2.00 bits per heavy atom. The molecule has 0 atom stereocenters. The smallest absolute Gasteiger partial charge is 0.00944 e. The lowest BCUT2D eigenvalue weighted by atomic mass is 9.92. The Morgan fingerprint density at radius 1 is 1.44 bits per heavy atom. The first-order valence-electron chi connectivity index (χ1n) is 3.44. The highest BCUT2D eigenvalue weighted by atomic mass is 14.6. The molecule has 0 rings (SSSR count). The molecule has 0 aliphatic rings. The average molecular weight is 127 g/mol. The minimum atomic E-state index is 0.149. The van der Waals surface area contributed by atoms with Crippen molar-refractivity contribution >= 4 is 0 Å². The summed E-state index contributed by atoms with van der Waals surface area (Å²) < 4.78 is 0. The van der Waals surface area contributed by atoms with Gasteiger partial charge in [0.25, 0.3) is 0 Å². The highest BCUT2D eigenvalue weighted by Gasteiger charge is 2.11. The van der Waals surface area contributed by atoms with E-state index in [0.717, 1.165) is 12.1 Å². The van der Waals surface area contributed by atoms with Gasteiger partial charge in [0, 0.05) is 11.1 Å². The maximum atomic E-state index is 5.72. The molecule has 0 aliphatic heterocycles. The first-order chi connectivity index (χ1) is 3.98. The van der Waals surface area contributed by atoms with Crippen molar-refractivity contribution in [1.82, 2.24) is 0 Å². The van der Waals surface area contributed by atoms with E-state index in [-0.39, 0.29) is 5.41 Å². The van der Waals surface area contributed by atoms with Gasteiger partial charge in [-0.15, -0.1) is 0 Å². The monoisotopic (exact) mass is 127 g/mol. The first kappa shape index (κ1) is 8.54. The van der Waals surface area contributed by atoms with Crippen LogP contribution >= 0.6 is 0 Å². The van der Waals surface area contributed by atoms with Gasteiger partial charge >= 0.3 is 0 Å². The van der Waals surface area contributed by atoms with Gasteiger partial charge in [0.2, 0.25) is 0 Å². The Kier molecular flexibility index (Phi) is 2.75. The number of hydrogen-bond acceptors (Lipinski definition) is 1. The van der Waals surface area contributed by atoms with E-state index in [1.807, 2.05) is 0 Å². The van der Waals surface area contributed by atoms with Gasteiger partial charge in [0.05, 0.1) is 0 Å². The van der Waals surface area contributed by atoms with Crippen molar-refractivity contribution in [3.8, 4) is 0 Å². The van der Waals surface area contributed by atoms with Gasteiger partial charge in [0.1, 0.15) is 0 Å². The molecule has 0 amide bonds. The van der Waals surface area contributed by atoms with Crippen LogP contribution in [0.2, 0.25) is 0 Å². The van der Waals surface area contributed by atoms with Crippen molar-refractivity contribution < 1.29 is 0 Å². The Morgan fingerprint density at radius 2 is 1.89 bits per heavy atom. The molecule has 1 heteroatoms. The van der Waals surface area contributed by atoms with Crippen LogP contribution in [0.15, 0.2) is 11.8 Å². The fourth-order valence-electron chi connectivity index (χ4n) is 0.526. The molecule has 0 aromatic carbocycles. The number of rotatable bonds is 1. The number of hydrogen-bond donors (Lipinski definition) is 1. The van der Waals surface area contributed by atoms with Crippen molar-refractivity contribution in [3.05, 3.63) is 11.8 Å². The van der Waals surface area contributed by atoms with E-state index in [1.165, 1.54) is 0 Å². The van der Waals surface area contributed by atoms with E-state index in [2.05, 4.69) is 33.8 Å². The third-order valence-corrected chi connectivity index (χ3v) is 1.29. The summed E-state index contributed by atoms with van der Waals surface area (Å²) in [6, 6.07) is 0. The van der Waals surface area contributed by atoms with Gasteiger partial charge in [-0.2, -0.15) is 0 Å². The molecular formula is C8H17N. The molecule has 0 spiro atoms. The fourth-order valence-corrected chi connectivity index (χ4v) is 0.526. The molecule has 0 aromatic rings. The largest absolute Gasteiger partial charge is 0.402 e. The minimum Gasteiger partial charge on any atom is -0.402 e. The lowest BCUT2D eigenvalue weighted by molar-refractivity contribution is 0.495. The normalized spacial score (nSPS) is 14.0. The van der Waals surface area contributed by atoms with Gasteiger partial charge in [0.15, 0.2) is 0 Å². The summed E-state index contributed by atoms with van der Waals surface area (Å²) in [5.74, 6) is 0. The second-order valence-corrected chi connectivity index (χ2v) is 3.32. The van der Waals surface area contributed by atoms with Crippen LogP contribution in [0, 0.1) is 5.41 Å². The van der Waals surface area contributed by atoms with Gasteiger partial charge < -0.3 is 5.73 Å². The van der Waals surface area contributed by atoms with Crippen molar-refractivity contribution in [1.29, 1.82) is 0 Å². The first-order valence-corrected chi connectivity index (χ1v) is 3.44. The summed E-state index contributed by atoms with van der Waals surface area (Å²) in [7, 11) is 0. The van der Waals surface area contributed by atoms with Crippen LogP contribution in [0.4, 0.5) is 0 Å². The van der Waals surface area contributed by atoms with Crippen LogP contribution < -0.4 is 5.73 Å². The van der Waals surface area contributed by atoms with Crippen LogP contribution in [0.25, 0.3) is 0 Å². The van der Waals surface area contributed by atoms with Crippen LogP contribution in [-0.2, 0) is 0 Å². The summed E-state index contributed by atoms with van der Waals surface area (Å²) in [4.78, 5) is 0. The second-order valence-electron chi connectivity index (χ2n) is 3.32. The van der Waals surface area contributed by atoms with Gasteiger partial charge in [-0.3, -0.25) is 0 Å². The molecule has 0 aromatic heterocycles. The summed E-state index contributed by atoms with van der Waals surface area (Å²) in [6.07, 6.45) is 3.10. The minimum absolute atomic E-state index is 0.149. The Labute approximate surface area is 57.9 Å². The van der Waals surface area contributed by atoms with Crippen LogP contribution in [0.5, 0.6) is 0 Å². The highest BCUT2D eigenvalue weighted by molar-refractivity contribution is 5.05. The molecule has 0 unspecified atom stereocenters. The van der Waals surface area contributed by atoms with Crippen molar-refractivity contribution in [2.75, 3.05) is 0 Å². The number of nitrogens with two attached hydrogens (primary N) is 1. The van der Waals surface area contributed by atoms with E-state index in [4.69, 9.17) is 5.73 Å². The quantitative estimate of drug-likeness (QED) is 0.574. The maximum absolute atomic E-state index is 5.72. The molecule has 2 N–H and O–H groups in total. The standard InChI is InChI=1S/C8H17N/c1-5-6-7(9)8(2,3)4/h6H,5,9H2,1-4H3/b7-6-. The van der Waals surface area contributed by atoms with Crippen LogP contribution in [0.3, 0.4) is 0 Å². The Bertz CT molecular complexity index is 106. The summed E-state index contributed by atoms with van der Waals surface area (Å²) in [5, 5.41) is 0. The molecule has 54 valence electrons. The Hall–Kier alpha value is -0.460. The molecule has 0 saturated carbocycles. The van der Waals surface area contributed by atoms with Crippen LogP contribution in [0.1, 0.15) is 34.1 Å². The molecule has 0 saturated heterocycles. The average Bonchev–Trinajstić information content (AvgIpc) is 1.64. The van der Waals surface area contributed by atoms with Gasteiger partial charge in [-0.05, 0) is 6.42 Å². The molecule has 0 aliphatic carbocycles. The lowest BCUT2D eigenvalue weighted by Gasteiger charge is -2.18. The fraction of sp³-hybridized carbons (Fsp3) is 0.750. The maximum Gasteiger partial charge on any atom is 0.00944 e. The SMILES string of the molecule is CC/C=C(\N)C(C)(C)C. The molecule has 1 nitrogen and oxygen atoms in total. The van der Waals surface area contributed by atoms with E-state index in [0.29, 0.717) is 0 Å². The topological polar surface area (TPSA) is 26.0 Å². The van der Waals surface area contributed by atoms with Gasteiger partial charge in [-0.1, -0.05) is 33.8 Å². The van der Waals surface area contributed by atoms with Crippen molar-refractivity contribution in [2.24, 2.45) is 11.1 Å². The highest BCUT2D eigenvalue weighted by Crippen LogP contribution is 2.20. The molecule has 0 fully saturated rings. The van der Waals surface area contributed by atoms with Crippen LogP contribution in [-0.4, -0.2) is 0 Å². The molecule has 0 bridgehead atoms. The predicted octanol–water partition coefficient (Wildman–Crippen LogP) is 2.29. The lowest BCUT2D eigenvalue weighted by Crippen LogP contribution is -2.16. The summed E-state index contributed by atoms with van der Waals surface area (Å²) in [5.41, 5.74) is 6.86. The third-order valence-electron chi connectivity index (χ3n) is 1.29. The third kappa shape index (κ3) is 3.17. The molecule has 0 heterocycles. The van der Waals surface area contributed by atoms with E-state index in [9.17, 15) is 0 Å². The van der Waals surface area contributed by atoms with Gasteiger partial charge in [-0.25, -0.2) is 0 Å². The van der Waals surface area contributed by atoms with E-state index >= 15 is 0 Å². The summed E-state index contributed by atoms with van der Waals surface area (Å²) in [6.45, 7) is 8.45. The van der Waals surface area contributed by atoms with E-state index in [1.54, 1.807) is 0 Å². The Balaban J connectivity index is 4.03. The molecule has 9 heavy (non-hydrogen) atoms. The molecular weight excluding hydrogens is 110 g/mol. The zero-order valence-corrected chi connectivity index (χ0v) is 6.86. The van der Waals surface area contributed by atoms with Crippen molar-refractivity contribution in [3.63, 3.8) is 0 Å². The molecule has 0 radical (unpaired) electrons. The number of allylic oxidation sites excluding steroid dienone is 2.